The Labute approximate surface area is 155 Å². The van der Waals surface area contributed by atoms with Crippen LogP contribution in [0.25, 0.3) is 0 Å². The number of aromatic hydroxyl groups is 1. The maximum Gasteiger partial charge on any atom is 0.261 e. The Kier molecular flexibility index (Phi) is 4.37. The number of ether oxygens (including phenoxy) is 1. The lowest BCUT2D eigenvalue weighted by molar-refractivity contribution is 0.0475. The van der Waals surface area contributed by atoms with Gasteiger partial charge in [0.2, 0.25) is 0 Å². The van der Waals surface area contributed by atoms with Crippen LogP contribution in [0.1, 0.15) is 43.9 Å². The maximum absolute atomic E-state index is 12.7. The number of carbonyl (C=O) groups excluding carboxylic acids is 3. The topological polar surface area (TPSA) is 95.9 Å². The largest absolute Gasteiger partial charge is 0.506 e. The smallest absolute Gasteiger partial charge is 0.261 e. The third-order valence-corrected chi connectivity index (χ3v) is 4.80. The first-order valence-electron chi connectivity index (χ1n) is 8.76. The Bertz CT molecular complexity index is 934. The lowest BCUT2D eigenvalue weighted by Crippen LogP contribution is -2.36. The van der Waals surface area contributed by atoms with Gasteiger partial charge in [-0.05, 0) is 43.2 Å². The molecule has 2 N–H and O–H groups in total. The summed E-state index contributed by atoms with van der Waals surface area (Å²) in [5.41, 5.74) is 1.00. The summed E-state index contributed by atoms with van der Waals surface area (Å²) in [5, 5.41) is 12.4. The highest BCUT2D eigenvalue weighted by molar-refractivity contribution is 6.22. The van der Waals surface area contributed by atoms with Gasteiger partial charge in [0.1, 0.15) is 5.75 Å². The highest BCUT2D eigenvalue weighted by atomic mass is 16.5. The summed E-state index contributed by atoms with van der Waals surface area (Å²) in [5.74, 6) is -1.31. The monoisotopic (exact) mass is 366 g/mol. The lowest BCUT2D eigenvalue weighted by Gasteiger charge is -2.17. The van der Waals surface area contributed by atoms with Gasteiger partial charge in [0, 0.05) is 12.2 Å². The van der Waals surface area contributed by atoms with Gasteiger partial charge in [-0.15, -0.1) is 0 Å². The molecule has 0 bridgehead atoms. The highest BCUT2D eigenvalue weighted by Gasteiger charge is 2.37. The van der Waals surface area contributed by atoms with Gasteiger partial charge in [-0.2, -0.15) is 0 Å². The molecule has 7 heteroatoms. The second kappa shape index (κ2) is 6.85. The lowest BCUT2D eigenvalue weighted by atomic mass is 10.1. The number of phenols is 1. The van der Waals surface area contributed by atoms with Crippen molar-refractivity contribution in [2.75, 3.05) is 18.5 Å². The summed E-state index contributed by atoms with van der Waals surface area (Å²) in [6, 6.07) is 10.8. The fraction of sp³-hybridized carbons (Fsp3) is 0.250. The van der Waals surface area contributed by atoms with Crippen molar-refractivity contribution in [3.05, 3.63) is 59.2 Å². The van der Waals surface area contributed by atoms with Crippen LogP contribution in [0.2, 0.25) is 0 Å². The number of nitrogens with one attached hydrogen (secondary N) is 1. The fourth-order valence-corrected chi connectivity index (χ4v) is 3.36. The molecule has 0 aliphatic carbocycles. The standard InChI is InChI=1S/C20H18N2O5/c23-17-6-2-1-5-16(17)21-18(24)12-7-8-14-15(10-12)20(26)22(19(14)25)11-13-4-3-9-27-13/h1-2,5-8,10,13,23H,3-4,9,11H2,(H,21,24)/t13-/m0/s1. The van der Waals surface area contributed by atoms with Crippen molar-refractivity contribution in [3.63, 3.8) is 0 Å². The minimum absolute atomic E-state index is 0.0546. The molecule has 3 amide bonds. The minimum Gasteiger partial charge on any atom is -0.506 e. The van der Waals surface area contributed by atoms with E-state index in [0.717, 1.165) is 12.8 Å². The van der Waals surface area contributed by atoms with Gasteiger partial charge >= 0.3 is 0 Å². The predicted molar refractivity (Wildman–Crippen MR) is 96.8 cm³/mol. The first-order valence-corrected chi connectivity index (χ1v) is 8.76. The number of phenolic OH excluding ortho intramolecular Hbond substituents is 1. The maximum atomic E-state index is 12.7. The van der Waals surface area contributed by atoms with Crippen LogP contribution >= 0.6 is 0 Å². The van der Waals surface area contributed by atoms with Crippen molar-refractivity contribution in [3.8, 4) is 5.75 Å². The Morgan fingerprint density at radius 1 is 1.15 bits per heavy atom. The quantitative estimate of drug-likeness (QED) is 0.640. The minimum atomic E-state index is -0.475. The van der Waals surface area contributed by atoms with E-state index in [9.17, 15) is 19.5 Å². The molecule has 7 nitrogen and oxygen atoms in total. The molecule has 0 saturated carbocycles. The summed E-state index contributed by atoms with van der Waals surface area (Å²) in [6.45, 7) is 0.871. The van der Waals surface area contributed by atoms with Gasteiger partial charge in [0.05, 0.1) is 29.5 Å². The molecule has 2 aromatic rings. The zero-order valence-corrected chi connectivity index (χ0v) is 14.5. The van der Waals surface area contributed by atoms with Gasteiger partial charge in [-0.1, -0.05) is 12.1 Å². The Balaban J connectivity index is 1.55. The van der Waals surface area contributed by atoms with E-state index in [0.29, 0.717) is 6.61 Å². The number of anilines is 1. The predicted octanol–water partition coefficient (Wildman–Crippen LogP) is 2.42. The first-order chi connectivity index (χ1) is 13.0. The molecular formula is C20H18N2O5. The number of rotatable bonds is 4. The van der Waals surface area contributed by atoms with Crippen molar-refractivity contribution < 1.29 is 24.2 Å². The van der Waals surface area contributed by atoms with Crippen molar-refractivity contribution in [2.24, 2.45) is 0 Å². The van der Waals surface area contributed by atoms with Crippen molar-refractivity contribution in [1.29, 1.82) is 0 Å². The molecule has 1 fully saturated rings. The van der Waals surface area contributed by atoms with Crippen LogP contribution in [-0.4, -0.2) is 47.0 Å². The molecule has 2 aliphatic rings. The second-order valence-corrected chi connectivity index (χ2v) is 6.59. The molecule has 138 valence electrons. The summed E-state index contributed by atoms with van der Waals surface area (Å²) in [4.78, 5) is 38.8. The van der Waals surface area contributed by atoms with Crippen LogP contribution in [0.5, 0.6) is 5.75 Å². The number of para-hydroxylation sites is 2. The van der Waals surface area contributed by atoms with Crippen LogP contribution in [0, 0.1) is 0 Å². The number of amides is 3. The van der Waals surface area contributed by atoms with Crippen LogP contribution in [0.3, 0.4) is 0 Å². The number of hydrogen-bond donors (Lipinski definition) is 2. The molecule has 0 aromatic heterocycles. The van der Waals surface area contributed by atoms with E-state index in [4.69, 9.17) is 4.74 Å². The highest BCUT2D eigenvalue weighted by Crippen LogP contribution is 2.27. The van der Waals surface area contributed by atoms with Crippen molar-refractivity contribution in [2.45, 2.75) is 18.9 Å². The second-order valence-electron chi connectivity index (χ2n) is 6.59. The van der Waals surface area contributed by atoms with E-state index in [-0.39, 0.29) is 46.7 Å². The van der Waals surface area contributed by atoms with E-state index >= 15 is 0 Å². The normalized spacial score (nSPS) is 18.7. The molecule has 0 unspecified atom stereocenters. The molecular weight excluding hydrogens is 348 g/mol. The number of benzene rings is 2. The van der Waals surface area contributed by atoms with Gasteiger partial charge in [-0.3, -0.25) is 19.3 Å². The molecule has 4 rings (SSSR count). The van der Waals surface area contributed by atoms with Gasteiger partial charge < -0.3 is 15.2 Å². The summed E-state index contributed by atoms with van der Waals surface area (Å²) < 4.78 is 5.52. The molecule has 2 aromatic carbocycles. The number of imide groups is 1. The average Bonchev–Trinajstić information content (AvgIpc) is 3.26. The van der Waals surface area contributed by atoms with Gasteiger partial charge in [0.15, 0.2) is 0 Å². The van der Waals surface area contributed by atoms with E-state index in [2.05, 4.69) is 5.32 Å². The average molecular weight is 366 g/mol. The van der Waals surface area contributed by atoms with Crippen LogP contribution in [0.4, 0.5) is 5.69 Å². The molecule has 2 heterocycles. The number of carbonyl (C=O) groups is 3. The van der Waals surface area contributed by atoms with Crippen LogP contribution < -0.4 is 5.32 Å². The SMILES string of the molecule is O=C(Nc1ccccc1O)c1ccc2c(c1)C(=O)N(C[C@@H]1CCCO1)C2=O. The third-order valence-electron chi connectivity index (χ3n) is 4.80. The molecule has 1 atom stereocenters. The van der Waals surface area contributed by atoms with Crippen LogP contribution in [0.15, 0.2) is 42.5 Å². The van der Waals surface area contributed by atoms with Crippen molar-refractivity contribution in [1.82, 2.24) is 4.90 Å². The number of nitrogens with zero attached hydrogens (tertiary/aromatic N) is 1. The van der Waals surface area contributed by atoms with E-state index in [1.165, 1.54) is 29.2 Å². The van der Waals surface area contributed by atoms with E-state index in [1.54, 1.807) is 18.2 Å². The fourth-order valence-electron chi connectivity index (χ4n) is 3.36. The van der Waals surface area contributed by atoms with Gasteiger partial charge in [0.25, 0.3) is 17.7 Å². The number of hydrogen-bond acceptors (Lipinski definition) is 5. The van der Waals surface area contributed by atoms with E-state index in [1.807, 2.05) is 0 Å². The Hall–Kier alpha value is -3.19. The summed E-state index contributed by atoms with van der Waals surface area (Å²) in [7, 11) is 0. The zero-order valence-electron chi connectivity index (χ0n) is 14.5. The zero-order chi connectivity index (χ0) is 19.0. The molecule has 2 aliphatic heterocycles. The van der Waals surface area contributed by atoms with Crippen molar-refractivity contribution >= 4 is 23.4 Å². The molecule has 0 radical (unpaired) electrons. The summed E-state index contributed by atoms with van der Waals surface area (Å²) in [6.07, 6.45) is 1.61. The molecule has 27 heavy (non-hydrogen) atoms. The molecule has 0 spiro atoms. The van der Waals surface area contributed by atoms with Crippen LogP contribution in [-0.2, 0) is 4.74 Å². The Morgan fingerprint density at radius 2 is 1.93 bits per heavy atom. The van der Waals surface area contributed by atoms with E-state index < -0.39 is 11.8 Å². The third kappa shape index (κ3) is 3.17. The van der Waals surface area contributed by atoms with Gasteiger partial charge in [-0.25, -0.2) is 0 Å². The Morgan fingerprint density at radius 3 is 2.67 bits per heavy atom. The first kappa shape index (κ1) is 17.2. The summed E-state index contributed by atoms with van der Waals surface area (Å²) >= 11 is 0. The number of fused-ring (bicyclic) bond motifs is 1. The molecule has 1 saturated heterocycles.